The first-order valence-electron chi connectivity index (χ1n) is 7.70. The molecule has 0 saturated carbocycles. The average molecular weight is 435 g/mol. The average Bonchev–Trinajstić information content (AvgIpc) is 3.02. The van der Waals surface area contributed by atoms with Crippen LogP contribution in [0.4, 0.5) is 9.93 Å². The van der Waals surface area contributed by atoms with Crippen LogP contribution < -0.4 is 5.32 Å². The number of amides is 2. The molecule has 0 spiro atoms. The van der Waals surface area contributed by atoms with Crippen LogP contribution in [-0.4, -0.2) is 54.8 Å². The topological polar surface area (TPSA) is 82.6 Å². The summed E-state index contributed by atoms with van der Waals surface area (Å²) in [6, 6.07) is 4.03. The molecule has 2 amide bonds. The van der Waals surface area contributed by atoms with Gasteiger partial charge in [-0.15, -0.1) is 11.3 Å². The van der Waals surface area contributed by atoms with Crippen LogP contribution in [0.2, 0.25) is 10.0 Å². The number of rotatable bonds is 3. The van der Waals surface area contributed by atoms with Crippen molar-refractivity contribution in [1.29, 1.82) is 0 Å². The number of anilines is 1. The number of benzene rings is 1. The number of nitrogens with zero attached hydrogens (tertiary/aromatic N) is 3. The van der Waals surface area contributed by atoms with Crippen molar-refractivity contribution >= 4 is 55.7 Å². The Kier molecular flexibility index (Phi) is 5.73. The van der Waals surface area contributed by atoms with Crippen LogP contribution in [-0.2, 0) is 10.0 Å². The summed E-state index contributed by atoms with van der Waals surface area (Å²) < 4.78 is 26.9. The third kappa shape index (κ3) is 4.12. The van der Waals surface area contributed by atoms with E-state index in [2.05, 4.69) is 10.3 Å². The quantitative estimate of drug-likeness (QED) is 0.802. The first-order chi connectivity index (χ1) is 12.3. The number of hydrogen-bond acceptors (Lipinski definition) is 5. The van der Waals surface area contributed by atoms with Crippen molar-refractivity contribution in [2.45, 2.75) is 11.8 Å². The summed E-state index contributed by atoms with van der Waals surface area (Å²) in [6.07, 6.45) is 0. The zero-order valence-electron chi connectivity index (χ0n) is 13.8. The second-order valence-electron chi connectivity index (χ2n) is 5.69. The van der Waals surface area contributed by atoms with Gasteiger partial charge in [-0.3, -0.25) is 5.32 Å². The minimum Gasteiger partial charge on any atom is -0.322 e. The summed E-state index contributed by atoms with van der Waals surface area (Å²) >= 11 is 13.3. The lowest BCUT2D eigenvalue weighted by Gasteiger charge is -2.33. The number of carbonyl (C=O) groups is 1. The molecule has 2 aromatic rings. The van der Waals surface area contributed by atoms with E-state index in [0.29, 0.717) is 10.2 Å². The van der Waals surface area contributed by atoms with E-state index in [0.717, 1.165) is 5.69 Å². The molecule has 0 radical (unpaired) electrons. The van der Waals surface area contributed by atoms with Crippen LogP contribution >= 0.6 is 34.5 Å². The summed E-state index contributed by atoms with van der Waals surface area (Å²) in [6.45, 7) is 2.74. The Morgan fingerprint density at radius 2 is 1.92 bits per heavy atom. The highest BCUT2D eigenvalue weighted by Crippen LogP contribution is 2.28. The Labute approximate surface area is 165 Å². The van der Waals surface area contributed by atoms with Gasteiger partial charge in [0.1, 0.15) is 4.90 Å². The molecule has 1 aromatic carbocycles. The van der Waals surface area contributed by atoms with E-state index < -0.39 is 10.0 Å². The first kappa shape index (κ1) is 19.4. The van der Waals surface area contributed by atoms with Gasteiger partial charge in [-0.2, -0.15) is 4.31 Å². The predicted molar refractivity (Wildman–Crippen MR) is 103 cm³/mol. The molecule has 0 bridgehead atoms. The first-order valence-corrected chi connectivity index (χ1v) is 10.8. The smallest absolute Gasteiger partial charge is 0.322 e. The van der Waals surface area contributed by atoms with Gasteiger partial charge in [-0.05, 0) is 25.1 Å². The molecule has 3 rings (SSSR count). The standard InChI is InChI=1S/C15H16Cl2N4O3S2/c1-10-9-25-14(18-10)19-15(22)20-4-6-21(7-5-20)26(23,24)13-8-11(16)2-3-12(13)17/h2-3,8-9H,4-7H2,1H3,(H,18,19,22). The van der Waals surface area contributed by atoms with Crippen LogP contribution in [0.5, 0.6) is 0 Å². The van der Waals surface area contributed by atoms with Gasteiger partial charge in [-0.1, -0.05) is 23.2 Å². The van der Waals surface area contributed by atoms with Crippen molar-refractivity contribution in [2.75, 3.05) is 31.5 Å². The normalized spacial score (nSPS) is 15.9. The number of nitrogens with one attached hydrogen (secondary N) is 1. The van der Waals surface area contributed by atoms with Gasteiger partial charge in [0.2, 0.25) is 10.0 Å². The third-order valence-electron chi connectivity index (χ3n) is 3.87. The molecule has 1 fully saturated rings. The van der Waals surface area contributed by atoms with Crippen LogP contribution in [0.25, 0.3) is 0 Å². The largest absolute Gasteiger partial charge is 0.323 e. The van der Waals surface area contributed by atoms with Crippen molar-refractivity contribution in [2.24, 2.45) is 0 Å². The highest BCUT2D eigenvalue weighted by Gasteiger charge is 2.31. The van der Waals surface area contributed by atoms with Gasteiger partial charge in [0, 0.05) is 36.6 Å². The molecule has 2 heterocycles. The summed E-state index contributed by atoms with van der Waals surface area (Å²) in [4.78, 5) is 18.0. The molecule has 1 saturated heterocycles. The summed E-state index contributed by atoms with van der Waals surface area (Å²) in [5.74, 6) is 0. The fourth-order valence-electron chi connectivity index (χ4n) is 2.53. The predicted octanol–water partition coefficient (Wildman–Crippen LogP) is 3.30. The molecule has 1 aliphatic rings. The second-order valence-corrected chi connectivity index (χ2v) is 9.30. The number of thiazole rings is 1. The van der Waals surface area contributed by atoms with Gasteiger partial charge < -0.3 is 4.90 Å². The third-order valence-corrected chi connectivity index (χ3v) is 7.36. The number of aromatic nitrogens is 1. The minimum absolute atomic E-state index is 0.0252. The highest BCUT2D eigenvalue weighted by molar-refractivity contribution is 7.89. The van der Waals surface area contributed by atoms with E-state index in [9.17, 15) is 13.2 Å². The van der Waals surface area contributed by atoms with Crippen molar-refractivity contribution < 1.29 is 13.2 Å². The number of aryl methyl sites for hydroxylation is 1. The molecule has 0 atom stereocenters. The maximum atomic E-state index is 12.8. The monoisotopic (exact) mass is 434 g/mol. The van der Waals surface area contributed by atoms with E-state index in [4.69, 9.17) is 23.2 Å². The number of carbonyl (C=O) groups excluding carboxylic acids is 1. The Hall–Kier alpha value is -1.39. The lowest BCUT2D eigenvalue weighted by Crippen LogP contribution is -2.51. The van der Waals surface area contributed by atoms with Crippen LogP contribution in [0, 0.1) is 6.92 Å². The zero-order valence-corrected chi connectivity index (χ0v) is 16.9. The van der Waals surface area contributed by atoms with Crippen molar-refractivity contribution in [3.05, 3.63) is 39.3 Å². The summed E-state index contributed by atoms with van der Waals surface area (Å²) in [7, 11) is -3.77. The molecular formula is C15H16Cl2N4O3S2. The maximum Gasteiger partial charge on any atom is 0.323 e. The summed E-state index contributed by atoms with van der Waals surface area (Å²) in [5.41, 5.74) is 0.833. The maximum absolute atomic E-state index is 12.8. The minimum atomic E-state index is -3.77. The number of urea groups is 1. The summed E-state index contributed by atoms with van der Waals surface area (Å²) in [5, 5.41) is 5.50. The van der Waals surface area contributed by atoms with Gasteiger partial charge in [-0.25, -0.2) is 18.2 Å². The van der Waals surface area contributed by atoms with Crippen LogP contribution in [0.3, 0.4) is 0 Å². The molecule has 140 valence electrons. The van der Waals surface area contributed by atoms with E-state index >= 15 is 0 Å². The lowest BCUT2D eigenvalue weighted by atomic mass is 10.4. The zero-order chi connectivity index (χ0) is 18.9. The molecular weight excluding hydrogens is 419 g/mol. The van der Waals surface area contributed by atoms with Crippen molar-refractivity contribution in [3.8, 4) is 0 Å². The molecule has 1 aromatic heterocycles. The van der Waals surface area contributed by atoms with Gasteiger partial charge >= 0.3 is 6.03 Å². The SMILES string of the molecule is Cc1csc(NC(=O)N2CCN(S(=O)(=O)c3cc(Cl)ccc3Cl)CC2)n1. The Morgan fingerprint density at radius 1 is 1.23 bits per heavy atom. The highest BCUT2D eigenvalue weighted by atomic mass is 35.5. The van der Waals surface area contributed by atoms with Gasteiger partial charge in [0.25, 0.3) is 0 Å². The molecule has 7 nitrogen and oxygen atoms in total. The number of piperazine rings is 1. The fourth-order valence-corrected chi connectivity index (χ4v) is 5.36. The number of hydrogen-bond donors (Lipinski definition) is 1. The van der Waals surface area contributed by atoms with Crippen molar-refractivity contribution in [1.82, 2.24) is 14.2 Å². The number of sulfonamides is 1. The molecule has 11 heteroatoms. The Balaban J connectivity index is 1.66. The molecule has 0 unspecified atom stereocenters. The molecule has 26 heavy (non-hydrogen) atoms. The Bertz CT molecular complexity index is 925. The molecule has 1 aliphatic heterocycles. The van der Waals surface area contributed by atoms with Gasteiger partial charge in [0.05, 0.1) is 10.7 Å². The van der Waals surface area contributed by atoms with Crippen LogP contribution in [0.1, 0.15) is 5.69 Å². The van der Waals surface area contributed by atoms with Gasteiger partial charge in [0.15, 0.2) is 5.13 Å². The van der Waals surface area contributed by atoms with E-state index in [1.807, 2.05) is 12.3 Å². The van der Waals surface area contributed by atoms with E-state index in [-0.39, 0.29) is 42.1 Å². The van der Waals surface area contributed by atoms with Crippen LogP contribution in [0.15, 0.2) is 28.5 Å². The Morgan fingerprint density at radius 3 is 2.54 bits per heavy atom. The molecule has 1 N–H and O–H groups in total. The lowest BCUT2D eigenvalue weighted by molar-refractivity contribution is 0.184. The van der Waals surface area contributed by atoms with Crippen molar-refractivity contribution in [3.63, 3.8) is 0 Å². The van der Waals surface area contributed by atoms with E-state index in [1.165, 1.54) is 33.8 Å². The fraction of sp³-hybridized carbons (Fsp3) is 0.333. The van der Waals surface area contributed by atoms with E-state index in [1.54, 1.807) is 4.90 Å². The number of halogens is 2. The molecule has 0 aliphatic carbocycles. The second kappa shape index (κ2) is 7.69.